The smallest absolute Gasteiger partial charge is 0.236 e. The van der Waals surface area contributed by atoms with Gasteiger partial charge in [0, 0.05) is 39.9 Å². The lowest BCUT2D eigenvalue weighted by Gasteiger charge is -2.11. The van der Waals surface area contributed by atoms with Gasteiger partial charge >= 0.3 is 0 Å². The summed E-state index contributed by atoms with van der Waals surface area (Å²) in [6.45, 7) is 1.20. The number of aromatic nitrogens is 2. The highest BCUT2D eigenvalue weighted by molar-refractivity contribution is 5.81. The molecule has 0 aliphatic heterocycles. The van der Waals surface area contributed by atoms with Crippen molar-refractivity contribution in [1.82, 2.24) is 15.1 Å². The summed E-state index contributed by atoms with van der Waals surface area (Å²) in [4.78, 5) is 11.6. The molecular weight excluding hydrogens is 232 g/mol. The van der Waals surface area contributed by atoms with Crippen LogP contribution in [0.1, 0.15) is 18.5 Å². The highest BCUT2D eigenvalue weighted by Crippen LogP contribution is 1.96. The molecule has 0 aromatic carbocycles. The fraction of sp³-hybridized carbons (Fsp3) is 0.667. The number of amides is 1. The van der Waals surface area contributed by atoms with E-state index in [2.05, 4.69) is 10.4 Å². The second-order valence-corrected chi connectivity index (χ2v) is 4.26. The van der Waals surface area contributed by atoms with Crippen LogP contribution in [-0.2, 0) is 23.0 Å². The molecule has 1 aromatic rings. The maximum Gasteiger partial charge on any atom is 0.236 e. The Bertz CT molecular complexity index is 365. The molecule has 1 unspecified atom stereocenters. The summed E-state index contributed by atoms with van der Waals surface area (Å²) in [5, 5.41) is 7.04. The molecule has 0 fully saturated rings. The first-order chi connectivity index (χ1) is 8.63. The molecule has 0 radical (unpaired) electrons. The van der Waals surface area contributed by atoms with E-state index in [0.717, 1.165) is 18.5 Å². The van der Waals surface area contributed by atoms with E-state index in [4.69, 9.17) is 10.5 Å². The van der Waals surface area contributed by atoms with Gasteiger partial charge in [-0.3, -0.25) is 9.48 Å². The van der Waals surface area contributed by atoms with Crippen molar-refractivity contribution in [3.63, 3.8) is 0 Å². The number of rotatable bonds is 8. The molecular formula is C12H22N4O2. The fourth-order valence-electron chi connectivity index (χ4n) is 1.62. The molecule has 0 saturated heterocycles. The summed E-state index contributed by atoms with van der Waals surface area (Å²) in [6, 6.07) is 1.48. The number of hydrogen-bond donors (Lipinski definition) is 2. The number of aryl methyl sites for hydroxylation is 1. The molecule has 1 atom stereocenters. The summed E-state index contributed by atoms with van der Waals surface area (Å²) in [5.74, 6) is -0.109. The van der Waals surface area contributed by atoms with Crippen LogP contribution in [-0.4, -0.2) is 42.0 Å². The van der Waals surface area contributed by atoms with Gasteiger partial charge in [0.05, 0.1) is 11.7 Å². The van der Waals surface area contributed by atoms with Crippen LogP contribution in [0.2, 0.25) is 0 Å². The van der Waals surface area contributed by atoms with Crippen LogP contribution in [0.4, 0.5) is 0 Å². The van der Waals surface area contributed by atoms with Crippen molar-refractivity contribution in [2.24, 2.45) is 12.8 Å². The monoisotopic (exact) mass is 254 g/mol. The van der Waals surface area contributed by atoms with Crippen molar-refractivity contribution in [1.29, 1.82) is 0 Å². The predicted octanol–water partition coefficient (Wildman–Crippen LogP) is -0.167. The maximum atomic E-state index is 11.6. The van der Waals surface area contributed by atoms with Gasteiger partial charge in [-0.1, -0.05) is 0 Å². The molecule has 0 spiro atoms. The third kappa shape index (κ3) is 5.29. The Balaban J connectivity index is 2.16. The highest BCUT2D eigenvalue weighted by atomic mass is 16.5. The van der Waals surface area contributed by atoms with Gasteiger partial charge in [0.15, 0.2) is 0 Å². The van der Waals surface area contributed by atoms with Crippen LogP contribution in [0.25, 0.3) is 0 Å². The molecule has 3 N–H and O–H groups in total. The molecule has 0 aliphatic rings. The molecule has 1 aromatic heterocycles. The topological polar surface area (TPSA) is 82.2 Å². The van der Waals surface area contributed by atoms with Crippen molar-refractivity contribution >= 4 is 5.91 Å². The zero-order chi connectivity index (χ0) is 13.4. The van der Waals surface area contributed by atoms with E-state index in [9.17, 15) is 4.79 Å². The van der Waals surface area contributed by atoms with Gasteiger partial charge in [0.25, 0.3) is 0 Å². The zero-order valence-electron chi connectivity index (χ0n) is 11.1. The minimum atomic E-state index is -0.455. The summed E-state index contributed by atoms with van der Waals surface area (Å²) < 4.78 is 6.66. The lowest BCUT2D eigenvalue weighted by atomic mass is 10.1. The molecule has 0 bridgehead atoms. The number of hydrogen-bond acceptors (Lipinski definition) is 4. The second-order valence-electron chi connectivity index (χ2n) is 4.26. The number of carbonyl (C=O) groups excluding carboxylic acids is 1. The van der Waals surface area contributed by atoms with E-state index in [0.29, 0.717) is 19.6 Å². The number of methoxy groups -OCH3 is 1. The molecule has 18 heavy (non-hydrogen) atoms. The Morgan fingerprint density at radius 1 is 1.67 bits per heavy atom. The third-order valence-corrected chi connectivity index (χ3v) is 2.65. The Morgan fingerprint density at radius 2 is 2.44 bits per heavy atom. The van der Waals surface area contributed by atoms with E-state index in [-0.39, 0.29) is 5.91 Å². The average molecular weight is 254 g/mol. The Kier molecular flexibility index (Phi) is 6.38. The number of ether oxygens (including phenoxy) is 1. The lowest BCUT2D eigenvalue weighted by Crippen LogP contribution is -2.41. The van der Waals surface area contributed by atoms with Crippen LogP contribution in [0.5, 0.6) is 0 Å². The van der Waals surface area contributed by atoms with Crippen LogP contribution in [0.3, 0.4) is 0 Å². The molecule has 1 heterocycles. The summed E-state index contributed by atoms with van der Waals surface area (Å²) >= 11 is 0. The average Bonchev–Trinajstić information content (AvgIpc) is 2.75. The molecule has 1 rings (SSSR count). The second kappa shape index (κ2) is 7.84. The van der Waals surface area contributed by atoms with Crippen molar-refractivity contribution in [2.45, 2.75) is 25.3 Å². The van der Waals surface area contributed by atoms with Crippen LogP contribution in [0, 0.1) is 0 Å². The van der Waals surface area contributed by atoms with E-state index >= 15 is 0 Å². The number of carbonyl (C=O) groups is 1. The lowest BCUT2D eigenvalue weighted by molar-refractivity contribution is -0.122. The van der Waals surface area contributed by atoms with Gasteiger partial charge in [-0.05, 0) is 18.9 Å². The maximum absolute atomic E-state index is 11.6. The summed E-state index contributed by atoms with van der Waals surface area (Å²) in [7, 11) is 3.51. The summed E-state index contributed by atoms with van der Waals surface area (Å²) in [6.07, 6.45) is 4.04. The highest BCUT2D eigenvalue weighted by Gasteiger charge is 2.12. The minimum Gasteiger partial charge on any atom is -0.385 e. The standard InChI is InChI=1S/C12H22N4O2/c1-16-8-6-10(15-16)5-7-14-12(17)11(13)4-3-9-18-2/h6,8,11H,3-5,7,9,13H2,1-2H3,(H,14,17). The fourth-order valence-corrected chi connectivity index (χ4v) is 1.62. The van der Waals surface area contributed by atoms with Crippen molar-refractivity contribution in [3.05, 3.63) is 18.0 Å². The van der Waals surface area contributed by atoms with Crippen molar-refractivity contribution < 1.29 is 9.53 Å². The molecule has 0 saturated carbocycles. The first kappa shape index (κ1) is 14.7. The van der Waals surface area contributed by atoms with Gasteiger partial charge in [-0.25, -0.2) is 0 Å². The molecule has 102 valence electrons. The SMILES string of the molecule is COCCCC(N)C(=O)NCCc1ccn(C)n1. The van der Waals surface area contributed by atoms with E-state index in [1.807, 2.05) is 19.3 Å². The van der Waals surface area contributed by atoms with Crippen LogP contribution >= 0.6 is 0 Å². The molecule has 6 nitrogen and oxygen atoms in total. The first-order valence-electron chi connectivity index (χ1n) is 6.14. The molecule has 6 heteroatoms. The van der Waals surface area contributed by atoms with Crippen LogP contribution in [0.15, 0.2) is 12.3 Å². The van der Waals surface area contributed by atoms with Gasteiger partial charge < -0.3 is 15.8 Å². The van der Waals surface area contributed by atoms with E-state index < -0.39 is 6.04 Å². The zero-order valence-corrected chi connectivity index (χ0v) is 11.1. The van der Waals surface area contributed by atoms with E-state index in [1.165, 1.54) is 0 Å². The van der Waals surface area contributed by atoms with E-state index in [1.54, 1.807) is 11.8 Å². The predicted molar refractivity (Wildman–Crippen MR) is 69.0 cm³/mol. The normalized spacial score (nSPS) is 12.4. The summed E-state index contributed by atoms with van der Waals surface area (Å²) in [5.41, 5.74) is 6.72. The van der Waals surface area contributed by atoms with Gasteiger partial charge in [-0.15, -0.1) is 0 Å². The Hall–Kier alpha value is -1.40. The van der Waals surface area contributed by atoms with Crippen molar-refractivity contribution in [3.8, 4) is 0 Å². The number of nitrogens with zero attached hydrogens (tertiary/aromatic N) is 2. The first-order valence-corrected chi connectivity index (χ1v) is 6.14. The van der Waals surface area contributed by atoms with Gasteiger partial charge in [-0.2, -0.15) is 5.10 Å². The Morgan fingerprint density at radius 3 is 3.06 bits per heavy atom. The minimum absolute atomic E-state index is 0.109. The number of nitrogens with one attached hydrogen (secondary N) is 1. The number of nitrogens with two attached hydrogens (primary N) is 1. The van der Waals surface area contributed by atoms with Gasteiger partial charge in [0.2, 0.25) is 5.91 Å². The third-order valence-electron chi connectivity index (χ3n) is 2.65. The quantitative estimate of drug-likeness (QED) is 0.631. The largest absolute Gasteiger partial charge is 0.385 e. The molecule has 1 amide bonds. The Labute approximate surface area is 107 Å². The van der Waals surface area contributed by atoms with Crippen molar-refractivity contribution in [2.75, 3.05) is 20.3 Å². The van der Waals surface area contributed by atoms with Gasteiger partial charge in [0.1, 0.15) is 0 Å². The van der Waals surface area contributed by atoms with Crippen LogP contribution < -0.4 is 11.1 Å². The molecule has 0 aliphatic carbocycles.